The number of hydrogen-bond acceptors (Lipinski definition) is 6. The Labute approximate surface area is 153 Å². The average Bonchev–Trinajstić information content (AvgIpc) is 3.25. The van der Waals surface area contributed by atoms with Crippen LogP contribution in [-0.2, 0) is 21.4 Å². The van der Waals surface area contributed by atoms with Gasteiger partial charge in [-0.1, -0.05) is 11.6 Å². The van der Waals surface area contributed by atoms with Crippen molar-refractivity contribution in [1.29, 1.82) is 0 Å². The smallest absolute Gasteiger partial charge is 0.253 e. The zero-order valence-corrected chi connectivity index (χ0v) is 16.1. The van der Waals surface area contributed by atoms with E-state index in [4.69, 9.17) is 11.6 Å². The molecule has 0 saturated carbocycles. The number of thiazole rings is 1. The monoisotopic (exact) mass is 405 g/mol. The summed E-state index contributed by atoms with van der Waals surface area (Å²) < 4.78 is 27.3. The number of hydrogen-bond donors (Lipinski definition) is 1. The van der Waals surface area contributed by atoms with Gasteiger partial charge in [-0.2, -0.15) is 4.31 Å². The van der Waals surface area contributed by atoms with E-state index in [1.165, 1.54) is 21.7 Å². The SMILES string of the molecule is Cc1nc(CNC(=O)C2CCCN2S(=O)(=O)c2ccc(Cl)s2)cs1. The van der Waals surface area contributed by atoms with Crippen molar-refractivity contribution in [3.05, 3.63) is 32.6 Å². The van der Waals surface area contributed by atoms with Gasteiger partial charge in [0.25, 0.3) is 10.0 Å². The second-order valence-electron chi connectivity index (χ2n) is 5.41. The molecule has 130 valence electrons. The van der Waals surface area contributed by atoms with Gasteiger partial charge < -0.3 is 5.32 Å². The van der Waals surface area contributed by atoms with Crippen molar-refractivity contribution in [2.45, 2.75) is 36.6 Å². The number of amides is 1. The molecule has 1 fully saturated rings. The Morgan fingerprint density at radius 1 is 1.50 bits per heavy atom. The number of rotatable bonds is 5. The van der Waals surface area contributed by atoms with Gasteiger partial charge in [0.15, 0.2) is 0 Å². The minimum Gasteiger partial charge on any atom is -0.349 e. The number of nitrogens with one attached hydrogen (secondary N) is 1. The molecule has 1 saturated heterocycles. The van der Waals surface area contributed by atoms with Crippen LogP contribution in [0, 0.1) is 6.92 Å². The van der Waals surface area contributed by atoms with E-state index in [2.05, 4.69) is 10.3 Å². The first-order chi connectivity index (χ1) is 11.4. The van der Waals surface area contributed by atoms with Crippen molar-refractivity contribution < 1.29 is 13.2 Å². The van der Waals surface area contributed by atoms with Gasteiger partial charge >= 0.3 is 0 Å². The maximum atomic E-state index is 12.7. The molecular weight excluding hydrogens is 390 g/mol. The normalized spacial score (nSPS) is 18.8. The number of nitrogens with zero attached hydrogens (tertiary/aromatic N) is 2. The lowest BCUT2D eigenvalue weighted by Gasteiger charge is -2.22. The number of carbonyl (C=O) groups excluding carboxylic acids is 1. The van der Waals surface area contributed by atoms with Gasteiger partial charge in [-0.05, 0) is 31.9 Å². The van der Waals surface area contributed by atoms with Crippen molar-refractivity contribution in [2.24, 2.45) is 0 Å². The van der Waals surface area contributed by atoms with E-state index in [0.717, 1.165) is 22.0 Å². The average molecular weight is 406 g/mol. The molecule has 1 aliphatic rings. The molecule has 1 amide bonds. The molecule has 0 spiro atoms. The first-order valence-corrected chi connectivity index (χ1v) is 10.9. The van der Waals surface area contributed by atoms with Gasteiger partial charge in [-0.25, -0.2) is 13.4 Å². The zero-order valence-electron chi connectivity index (χ0n) is 12.9. The molecule has 2 aromatic rings. The van der Waals surface area contributed by atoms with Crippen LogP contribution in [0.25, 0.3) is 0 Å². The van der Waals surface area contributed by atoms with Crippen LogP contribution in [0.5, 0.6) is 0 Å². The maximum Gasteiger partial charge on any atom is 0.253 e. The molecule has 0 aliphatic carbocycles. The van der Waals surface area contributed by atoms with Crippen LogP contribution < -0.4 is 5.32 Å². The fourth-order valence-corrected chi connectivity index (χ4v) is 6.51. The maximum absolute atomic E-state index is 12.7. The predicted molar refractivity (Wildman–Crippen MR) is 94.9 cm³/mol. The van der Waals surface area contributed by atoms with Gasteiger partial charge in [-0.3, -0.25) is 4.79 Å². The first-order valence-electron chi connectivity index (χ1n) is 7.34. The van der Waals surface area contributed by atoms with E-state index in [0.29, 0.717) is 30.3 Å². The molecule has 3 rings (SSSR count). The van der Waals surface area contributed by atoms with E-state index < -0.39 is 16.1 Å². The molecule has 1 atom stereocenters. The van der Waals surface area contributed by atoms with Crippen molar-refractivity contribution in [2.75, 3.05) is 6.54 Å². The van der Waals surface area contributed by atoms with Crippen LogP contribution in [-0.4, -0.2) is 36.2 Å². The lowest BCUT2D eigenvalue weighted by atomic mass is 10.2. The Bertz CT molecular complexity index is 846. The highest BCUT2D eigenvalue weighted by atomic mass is 35.5. The van der Waals surface area contributed by atoms with Crippen molar-refractivity contribution in [3.8, 4) is 0 Å². The van der Waals surface area contributed by atoms with Gasteiger partial charge in [0.1, 0.15) is 10.3 Å². The van der Waals surface area contributed by atoms with E-state index in [1.54, 1.807) is 6.07 Å². The molecule has 2 aromatic heterocycles. The summed E-state index contributed by atoms with van der Waals surface area (Å²) in [5.41, 5.74) is 0.781. The van der Waals surface area contributed by atoms with Crippen LogP contribution in [0.1, 0.15) is 23.5 Å². The quantitative estimate of drug-likeness (QED) is 0.829. The molecular formula is C14H16ClN3O3S3. The zero-order chi connectivity index (χ0) is 17.3. The van der Waals surface area contributed by atoms with Gasteiger partial charge in [0.2, 0.25) is 5.91 Å². The number of halogens is 1. The summed E-state index contributed by atoms with van der Waals surface area (Å²) in [6, 6.07) is 2.35. The summed E-state index contributed by atoms with van der Waals surface area (Å²) in [5, 5.41) is 5.60. The Kier molecular flexibility index (Phi) is 5.26. The third-order valence-electron chi connectivity index (χ3n) is 3.73. The highest BCUT2D eigenvalue weighted by Gasteiger charge is 2.40. The summed E-state index contributed by atoms with van der Waals surface area (Å²) in [5.74, 6) is -0.288. The van der Waals surface area contributed by atoms with Crippen molar-refractivity contribution in [1.82, 2.24) is 14.6 Å². The third kappa shape index (κ3) is 3.65. The standard InChI is InChI=1S/C14H16ClN3O3S3/c1-9-17-10(8-22-9)7-16-14(19)11-3-2-6-18(11)24(20,21)13-5-4-12(15)23-13/h4-5,8,11H,2-3,6-7H2,1H3,(H,16,19). The Morgan fingerprint density at radius 2 is 2.29 bits per heavy atom. The molecule has 6 nitrogen and oxygen atoms in total. The second-order valence-corrected chi connectivity index (χ2v) is 10.3. The van der Waals surface area contributed by atoms with Crippen LogP contribution in [0.15, 0.2) is 21.7 Å². The molecule has 10 heteroatoms. The van der Waals surface area contributed by atoms with Crippen molar-refractivity contribution >= 4 is 50.2 Å². The van der Waals surface area contributed by atoms with Gasteiger partial charge in [-0.15, -0.1) is 22.7 Å². The molecule has 1 unspecified atom stereocenters. The minimum absolute atomic E-state index is 0.169. The summed E-state index contributed by atoms with van der Waals surface area (Å²) >= 11 is 8.36. The molecule has 24 heavy (non-hydrogen) atoms. The van der Waals surface area contributed by atoms with Crippen LogP contribution >= 0.6 is 34.3 Å². The largest absolute Gasteiger partial charge is 0.349 e. The molecule has 1 aliphatic heterocycles. The van der Waals surface area contributed by atoms with Crippen LogP contribution in [0.2, 0.25) is 4.34 Å². The van der Waals surface area contributed by atoms with Gasteiger partial charge in [0.05, 0.1) is 21.6 Å². The highest BCUT2D eigenvalue weighted by molar-refractivity contribution is 7.91. The molecule has 3 heterocycles. The molecule has 0 aromatic carbocycles. The third-order valence-corrected chi connectivity index (χ3v) is 8.16. The van der Waals surface area contributed by atoms with Crippen LogP contribution in [0.3, 0.4) is 0 Å². The lowest BCUT2D eigenvalue weighted by molar-refractivity contribution is -0.124. The van der Waals surface area contributed by atoms with Crippen LogP contribution in [0.4, 0.5) is 0 Å². The molecule has 1 N–H and O–H groups in total. The molecule has 0 radical (unpaired) electrons. The summed E-state index contributed by atoms with van der Waals surface area (Å²) in [7, 11) is -3.70. The Balaban J connectivity index is 1.71. The highest BCUT2D eigenvalue weighted by Crippen LogP contribution is 2.32. The topological polar surface area (TPSA) is 79.4 Å². The number of aryl methyl sites for hydroxylation is 1. The summed E-state index contributed by atoms with van der Waals surface area (Å²) in [4.78, 5) is 16.7. The van der Waals surface area contributed by atoms with E-state index in [1.807, 2.05) is 12.3 Å². The second kappa shape index (κ2) is 7.09. The first kappa shape index (κ1) is 17.8. The fourth-order valence-electron chi connectivity index (χ4n) is 2.63. The predicted octanol–water partition coefficient (Wildman–Crippen LogP) is 2.64. The van der Waals surface area contributed by atoms with Crippen molar-refractivity contribution in [3.63, 3.8) is 0 Å². The minimum atomic E-state index is -3.70. The summed E-state index contributed by atoms with van der Waals surface area (Å²) in [6.07, 6.45) is 1.17. The Hall–Kier alpha value is -1.000. The van der Waals surface area contributed by atoms with Gasteiger partial charge in [0, 0.05) is 11.9 Å². The number of carbonyl (C=O) groups is 1. The Morgan fingerprint density at radius 3 is 2.92 bits per heavy atom. The lowest BCUT2D eigenvalue weighted by Crippen LogP contribution is -2.45. The van der Waals surface area contributed by atoms with E-state index in [9.17, 15) is 13.2 Å². The molecule has 0 bridgehead atoms. The number of aromatic nitrogens is 1. The number of thiophene rings is 1. The van der Waals surface area contributed by atoms with E-state index in [-0.39, 0.29) is 10.1 Å². The number of sulfonamides is 1. The fraction of sp³-hybridized carbons (Fsp3) is 0.429. The van der Waals surface area contributed by atoms with E-state index >= 15 is 0 Å². The summed E-state index contributed by atoms with van der Waals surface area (Å²) in [6.45, 7) is 2.54.